The molecule has 2 heterocycles. The third kappa shape index (κ3) is 4.33. The summed E-state index contributed by atoms with van der Waals surface area (Å²) in [4.78, 5) is 18.1. The highest BCUT2D eigenvalue weighted by Gasteiger charge is 2.16. The van der Waals surface area contributed by atoms with Crippen LogP contribution in [0.5, 0.6) is 5.75 Å². The highest BCUT2D eigenvalue weighted by atomic mass is 32.1. The Morgan fingerprint density at radius 1 is 1.14 bits per heavy atom. The van der Waals surface area contributed by atoms with E-state index in [4.69, 9.17) is 4.74 Å². The Labute approximate surface area is 172 Å². The number of benzene rings is 2. The van der Waals surface area contributed by atoms with Crippen LogP contribution in [0, 0.1) is 6.92 Å². The molecule has 0 spiro atoms. The second-order valence-electron chi connectivity index (χ2n) is 6.39. The number of anilines is 1. The predicted molar refractivity (Wildman–Crippen MR) is 112 cm³/mol. The summed E-state index contributed by atoms with van der Waals surface area (Å²) in [6.45, 7) is 2.53. The zero-order chi connectivity index (χ0) is 20.2. The molecule has 2 aromatic carbocycles. The van der Waals surface area contributed by atoms with E-state index in [1.807, 2.05) is 61.5 Å². The highest BCUT2D eigenvalue weighted by molar-refractivity contribution is 7.16. The van der Waals surface area contributed by atoms with Crippen molar-refractivity contribution in [2.75, 3.05) is 12.4 Å². The van der Waals surface area contributed by atoms with E-state index < -0.39 is 0 Å². The van der Waals surface area contributed by atoms with E-state index in [-0.39, 0.29) is 11.6 Å². The van der Waals surface area contributed by atoms with Crippen molar-refractivity contribution >= 4 is 22.4 Å². The molecule has 0 saturated heterocycles. The second kappa shape index (κ2) is 8.24. The third-order valence-corrected chi connectivity index (χ3v) is 5.23. The standard InChI is InChI=1S/C21H19N5O2S/c1-14-19(16-8-10-17(28-2)11-9-16)22-21(29-14)23-20(27)18-13-26(25-24-18)12-15-6-4-3-5-7-15/h3-11,13H,12H2,1-2H3,(H,22,23,27). The molecule has 1 amide bonds. The summed E-state index contributed by atoms with van der Waals surface area (Å²) in [5.41, 5.74) is 3.14. The van der Waals surface area contributed by atoms with Crippen LogP contribution >= 0.6 is 11.3 Å². The van der Waals surface area contributed by atoms with Crippen LogP contribution in [0.4, 0.5) is 5.13 Å². The maximum Gasteiger partial charge on any atom is 0.279 e. The van der Waals surface area contributed by atoms with E-state index in [2.05, 4.69) is 20.6 Å². The summed E-state index contributed by atoms with van der Waals surface area (Å²) in [5.74, 6) is 0.452. The maximum absolute atomic E-state index is 12.5. The number of amides is 1. The highest BCUT2D eigenvalue weighted by Crippen LogP contribution is 2.31. The average molecular weight is 405 g/mol. The largest absolute Gasteiger partial charge is 0.497 e. The second-order valence-corrected chi connectivity index (χ2v) is 7.60. The Kier molecular flexibility index (Phi) is 5.35. The molecule has 0 radical (unpaired) electrons. The minimum absolute atomic E-state index is 0.250. The van der Waals surface area contributed by atoms with E-state index in [0.29, 0.717) is 11.7 Å². The first-order valence-corrected chi connectivity index (χ1v) is 9.81. The van der Waals surface area contributed by atoms with Crippen LogP contribution in [0.3, 0.4) is 0 Å². The Hall–Kier alpha value is -3.52. The number of carbonyl (C=O) groups excluding carboxylic acids is 1. The quantitative estimate of drug-likeness (QED) is 0.524. The van der Waals surface area contributed by atoms with Crippen molar-refractivity contribution in [3.63, 3.8) is 0 Å². The Balaban J connectivity index is 1.46. The molecule has 29 heavy (non-hydrogen) atoms. The SMILES string of the molecule is COc1ccc(-c2nc(NC(=O)c3cn(Cc4ccccc4)nn3)sc2C)cc1. The van der Waals surface area contributed by atoms with Gasteiger partial charge in [-0.15, -0.1) is 16.4 Å². The van der Waals surface area contributed by atoms with Gasteiger partial charge in [0.25, 0.3) is 5.91 Å². The van der Waals surface area contributed by atoms with Gasteiger partial charge in [-0.25, -0.2) is 9.67 Å². The fourth-order valence-corrected chi connectivity index (χ4v) is 3.71. The molecule has 0 aliphatic rings. The van der Waals surface area contributed by atoms with Crippen molar-refractivity contribution in [2.24, 2.45) is 0 Å². The van der Waals surface area contributed by atoms with Crippen LogP contribution in [0.2, 0.25) is 0 Å². The summed E-state index contributed by atoms with van der Waals surface area (Å²) in [6, 6.07) is 17.6. The lowest BCUT2D eigenvalue weighted by Crippen LogP contribution is -2.12. The first-order chi connectivity index (χ1) is 14.1. The predicted octanol–water partition coefficient (Wildman–Crippen LogP) is 4.02. The third-order valence-electron chi connectivity index (χ3n) is 4.34. The van der Waals surface area contributed by atoms with E-state index in [0.717, 1.165) is 27.4 Å². The summed E-state index contributed by atoms with van der Waals surface area (Å²) < 4.78 is 6.83. The van der Waals surface area contributed by atoms with Crippen molar-refractivity contribution in [3.8, 4) is 17.0 Å². The molecule has 0 aliphatic heterocycles. The minimum atomic E-state index is -0.334. The number of hydrogen-bond donors (Lipinski definition) is 1. The molecule has 4 aromatic rings. The van der Waals surface area contributed by atoms with Gasteiger partial charge in [-0.05, 0) is 36.8 Å². The van der Waals surface area contributed by atoms with E-state index in [1.54, 1.807) is 18.0 Å². The number of aryl methyl sites for hydroxylation is 1. The Morgan fingerprint density at radius 3 is 2.62 bits per heavy atom. The molecule has 8 heteroatoms. The van der Waals surface area contributed by atoms with Crippen molar-refractivity contribution < 1.29 is 9.53 Å². The molecular weight excluding hydrogens is 386 g/mol. The first kappa shape index (κ1) is 18.8. The molecule has 7 nitrogen and oxygen atoms in total. The van der Waals surface area contributed by atoms with E-state index in [9.17, 15) is 4.79 Å². The topological polar surface area (TPSA) is 81.9 Å². The lowest BCUT2D eigenvalue weighted by Gasteiger charge is -2.01. The van der Waals surface area contributed by atoms with Gasteiger partial charge in [0, 0.05) is 10.4 Å². The van der Waals surface area contributed by atoms with Crippen LogP contribution < -0.4 is 10.1 Å². The summed E-state index contributed by atoms with van der Waals surface area (Å²) >= 11 is 1.42. The van der Waals surface area contributed by atoms with Crippen LogP contribution in [-0.4, -0.2) is 33.0 Å². The molecule has 0 bridgehead atoms. The number of thiazole rings is 1. The number of hydrogen-bond acceptors (Lipinski definition) is 6. The van der Waals surface area contributed by atoms with Crippen LogP contribution in [-0.2, 0) is 6.54 Å². The lowest BCUT2D eigenvalue weighted by atomic mass is 10.1. The normalized spacial score (nSPS) is 10.7. The number of methoxy groups -OCH3 is 1. The zero-order valence-corrected chi connectivity index (χ0v) is 16.8. The number of nitrogens with zero attached hydrogens (tertiary/aromatic N) is 4. The smallest absolute Gasteiger partial charge is 0.279 e. The van der Waals surface area contributed by atoms with Crippen LogP contribution in [0.1, 0.15) is 20.9 Å². The molecule has 0 fully saturated rings. The molecule has 0 saturated carbocycles. The fraction of sp³-hybridized carbons (Fsp3) is 0.143. The number of nitrogens with one attached hydrogen (secondary N) is 1. The van der Waals surface area contributed by atoms with Crippen LogP contribution in [0.25, 0.3) is 11.3 Å². The Bertz CT molecular complexity index is 1120. The van der Waals surface area contributed by atoms with Gasteiger partial charge in [0.15, 0.2) is 10.8 Å². The van der Waals surface area contributed by atoms with Gasteiger partial charge in [0.2, 0.25) is 0 Å². The summed E-state index contributed by atoms with van der Waals surface area (Å²) in [5, 5.41) is 11.4. The van der Waals surface area contributed by atoms with Crippen molar-refractivity contribution in [2.45, 2.75) is 13.5 Å². The first-order valence-electron chi connectivity index (χ1n) is 8.99. The van der Waals surface area contributed by atoms with E-state index >= 15 is 0 Å². The van der Waals surface area contributed by atoms with Gasteiger partial charge in [-0.3, -0.25) is 10.1 Å². The summed E-state index contributed by atoms with van der Waals surface area (Å²) in [6.07, 6.45) is 1.63. The Morgan fingerprint density at radius 2 is 1.90 bits per heavy atom. The van der Waals surface area contributed by atoms with Gasteiger partial charge in [-0.2, -0.15) is 0 Å². The molecule has 0 aliphatic carbocycles. The molecule has 0 atom stereocenters. The molecule has 4 rings (SSSR count). The van der Waals surface area contributed by atoms with Crippen molar-refractivity contribution in [3.05, 3.63) is 76.9 Å². The van der Waals surface area contributed by atoms with Gasteiger partial charge in [0.1, 0.15) is 5.75 Å². The van der Waals surface area contributed by atoms with Gasteiger partial charge < -0.3 is 4.74 Å². The van der Waals surface area contributed by atoms with Crippen molar-refractivity contribution in [1.82, 2.24) is 20.0 Å². The molecule has 2 aromatic heterocycles. The zero-order valence-electron chi connectivity index (χ0n) is 16.0. The molecular formula is C21H19N5O2S. The number of rotatable bonds is 6. The van der Waals surface area contributed by atoms with Crippen LogP contribution in [0.15, 0.2) is 60.8 Å². The fourth-order valence-electron chi connectivity index (χ4n) is 2.88. The minimum Gasteiger partial charge on any atom is -0.497 e. The monoisotopic (exact) mass is 405 g/mol. The molecule has 1 N–H and O–H groups in total. The van der Waals surface area contributed by atoms with Gasteiger partial charge in [0.05, 0.1) is 25.5 Å². The summed E-state index contributed by atoms with van der Waals surface area (Å²) in [7, 11) is 1.63. The average Bonchev–Trinajstić information content (AvgIpc) is 3.35. The molecule has 146 valence electrons. The lowest BCUT2D eigenvalue weighted by molar-refractivity contribution is 0.102. The number of ether oxygens (including phenoxy) is 1. The molecule has 0 unspecified atom stereocenters. The van der Waals surface area contributed by atoms with Gasteiger partial charge >= 0.3 is 0 Å². The number of aromatic nitrogens is 4. The maximum atomic E-state index is 12.5. The van der Waals surface area contributed by atoms with E-state index in [1.165, 1.54) is 11.3 Å². The number of carbonyl (C=O) groups is 1. The van der Waals surface area contributed by atoms with Crippen molar-refractivity contribution in [1.29, 1.82) is 0 Å². The van der Waals surface area contributed by atoms with Gasteiger partial charge in [-0.1, -0.05) is 35.5 Å².